The zero-order chi connectivity index (χ0) is 10.6. The third-order valence-electron chi connectivity index (χ3n) is 1.94. The van der Waals surface area contributed by atoms with Crippen LogP contribution in [0.1, 0.15) is 12.2 Å². The fourth-order valence-corrected chi connectivity index (χ4v) is 1.44. The van der Waals surface area contributed by atoms with E-state index in [9.17, 15) is 0 Å². The van der Waals surface area contributed by atoms with Crippen molar-refractivity contribution < 1.29 is 0 Å². The highest BCUT2D eigenvalue weighted by Gasteiger charge is 2.04. The quantitative estimate of drug-likeness (QED) is 0.721. The zero-order valence-electron chi connectivity index (χ0n) is 8.60. The first kappa shape index (κ1) is 11.1. The number of imidazole rings is 1. The average Bonchev–Trinajstić information content (AvgIpc) is 2.51. The zero-order valence-corrected chi connectivity index (χ0v) is 9.42. The molecule has 1 heterocycles. The lowest BCUT2D eigenvalue weighted by Crippen LogP contribution is -2.19. The predicted octanol–water partition coefficient (Wildman–Crippen LogP) is 0.469. The first-order chi connectivity index (χ1) is 6.61. The van der Waals surface area contributed by atoms with E-state index in [1.807, 2.05) is 10.8 Å². The van der Waals surface area contributed by atoms with Gasteiger partial charge in [-0.3, -0.25) is 0 Å². The minimum Gasteiger partial charge on any atom is -0.387 e. The Kier molecular flexibility index (Phi) is 4.03. The summed E-state index contributed by atoms with van der Waals surface area (Å²) in [6.45, 7) is 1.96. The van der Waals surface area contributed by atoms with Gasteiger partial charge in [-0.2, -0.15) is 0 Å². The first-order valence-electron chi connectivity index (χ1n) is 4.57. The Bertz CT molecular complexity index is 306. The third kappa shape index (κ3) is 3.08. The molecule has 0 aliphatic carbocycles. The third-order valence-corrected chi connectivity index (χ3v) is 2.12. The second kappa shape index (κ2) is 5.07. The van der Waals surface area contributed by atoms with Crippen LogP contribution in [0.2, 0.25) is 0 Å². The van der Waals surface area contributed by atoms with Crippen LogP contribution in [-0.4, -0.2) is 40.1 Å². The van der Waals surface area contributed by atoms with Crippen LogP contribution in [0.25, 0.3) is 0 Å². The Balaban J connectivity index is 2.50. The van der Waals surface area contributed by atoms with Crippen molar-refractivity contribution >= 4 is 17.2 Å². The summed E-state index contributed by atoms with van der Waals surface area (Å²) in [7, 11) is 4.12. The van der Waals surface area contributed by atoms with Gasteiger partial charge in [0.2, 0.25) is 0 Å². The molecule has 1 aromatic rings. The minimum atomic E-state index is 0.361. The van der Waals surface area contributed by atoms with Crippen molar-refractivity contribution in [1.82, 2.24) is 14.5 Å². The van der Waals surface area contributed by atoms with E-state index in [1.54, 1.807) is 6.20 Å². The van der Waals surface area contributed by atoms with Crippen molar-refractivity contribution in [2.24, 2.45) is 5.73 Å². The Labute approximate surface area is 89.7 Å². The topological polar surface area (TPSA) is 47.1 Å². The molecule has 2 N–H and O–H groups in total. The van der Waals surface area contributed by atoms with Crippen molar-refractivity contribution in [3.63, 3.8) is 0 Å². The summed E-state index contributed by atoms with van der Waals surface area (Å²) >= 11 is 4.89. The molecule has 0 aliphatic rings. The van der Waals surface area contributed by atoms with E-state index >= 15 is 0 Å². The highest BCUT2D eigenvalue weighted by molar-refractivity contribution is 7.80. The van der Waals surface area contributed by atoms with Gasteiger partial charge in [0.15, 0.2) is 5.82 Å². The van der Waals surface area contributed by atoms with Crippen molar-refractivity contribution in [1.29, 1.82) is 0 Å². The molecule has 0 amide bonds. The van der Waals surface area contributed by atoms with E-state index in [-0.39, 0.29) is 0 Å². The molecule has 0 aromatic carbocycles. The summed E-state index contributed by atoms with van der Waals surface area (Å²) < 4.78 is 1.99. The maximum atomic E-state index is 5.53. The molecule has 5 heteroatoms. The summed E-state index contributed by atoms with van der Waals surface area (Å²) in [5.41, 5.74) is 5.53. The molecule has 1 aromatic heterocycles. The summed E-state index contributed by atoms with van der Waals surface area (Å²) in [4.78, 5) is 6.61. The van der Waals surface area contributed by atoms with Crippen molar-refractivity contribution in [2.75, 3.05) is 20.6 Å². The molecule has 0 atom stereocenters. The Hall–Kier alpha value is -0.940. The van der Waals surface area contributed by atoms with Gasteiger partial charge in [-0.25, -0.2) is 4.98 Å². The number of hydrogen-bond acceptors (Lipinski definition) is 3. The molecule has 0 radical (unpaired) electrons. The average molecular weight is 212 g/mol. The lowest BCUT2D eigenvalue weighted by atomic mass is 10.4. The van der Waals surface area contributed by atoms with Gasteiger partial charge in [0.05, 0.1) is 0 Å². The fraction of sp³-hybridized carbons (Fsp3) is 0.556. The van der Waals surface area contributed by atoms with Crippen molar-refractivity contribution in [3.8, 4) is 0 Å². The summed E-state index contributed by atoms with van der Waals surface area (Å²) in [5, 5.41) is 0. The molecule has 0 saturated heterocycles. The summed E-state index contributed by atoms with van der Waals surface area (Å²) in [6, 6.07) is 0. The monoisotopic (exact) mass is 212 g/mol. The summed E-state index contributed by atoms with van der Waals surface area (Å²) in [5.74, 6) is 0.707. The van der Waals surface area contributed by atoms with E-state index in [2.05, 4.69) is 24.0 Å². The number of nitrogens with zero attached hydrogens (tertiary/aromatic N) is 3. The van der Waals surface area contributed by atoms with E-state index in [4.69, 9.17) is 18.0 Å². The van der Waals surface area contributed by atoms with Gasteiger partial charge in [0, 0.05) is 18.9 Å². The second-order valence-electron chi connectivity index (χ2n) is 3.47. The van der Waals surface area contributed by atoms with Crippen LogP contribution in [0.3, 0.4) is 0 Å². The van der Waals surface area contributed by atoms with Gasteiger partial charge in [0.25, 0.3) is 0 Å². The number of aromatic nitrogens is 2. The van der Waals surface area contributed by atoms with Crippen molar-refractivity contribution in [3.05, 3.63) is 18.2 Å². The molecule has 1 rings (SSSR count). The Morgan fingerprint density at radius 2 is 2.36 bits per heavy atom. The molecule has 0 bridgehead atoms. The maximum absolute atomic E-state index is 5.53. The van der Waals surface area contributed by atoms with Gasteiger partial charge in [-0.05, 0) is 27.1 Å². The molecule has 4 nitrogen and oxygen atoms in total. The smallest absolute Gasteiger partial charge is 0.167 e. The molecule has 0 saturated carbocycles. The van der Waals surface area contributed by atoms with E-state index < -0.39 is 0 Å². The largest absolute Gasteiger partial charge is 0.387 e. The predicted molar refractivity (Wildman–Crippen MR) is 61.3 cm³/mol. The van der Waals surface area contributed by atoms with E-state index in [0.29, 0.717) is 10.8 Å². The van der Waals surface area contributed by atoms with E-state index in [0.717, 1.165) is 19.5 Å². The number of rotatable bonds is 5. The van der Waals surface area contributed by atoms with Gasteiger partial charge in [-0.1, -0.05) is 12.2 Å². The lowest BCUT2D eigenvalue weighted by molar-refractivity contribution is 0.386. The lowest BCUT2D eigenvalue weighted by Gasteiger charge is -2.10. The van der Waals surface area contributed by atoms with Crippen LogP contribution in [0.15, 0.2) is 12.4 Å². The van der Waals surface area contributed by atoms with Crippen LogP contribution in [0, 0.1) is 0 Å². The van der Waals surface area contributed by atoms with Crippen LogP contribution in [0.4, 0.5) is 0 Å². The van der Waals surface area contributed by atoms with Crippen molar-refractivity contribution in [2.45, 2.75) is 13.0 Å². The number of hydrogen-bond donors (Lipinski definition) is 1. The highest BCUT2D eigenvalue weighted by Crippen LogP contribution is 1.99. The van der Waals surface area contributed by atoms with Crippen LogP contribution in [-0.2, 0) is 6.54 Å². The molecule has 0 fully saturated rings. The summed E-state index contributed by atoms with van der Waals surface area (Å²) in [6.07, 6.45) is 4.70. The van der Waals surface area contributed by atoms with Gasteiger partial charge < -0.3 is 15.2 Å². The normalized spacial score (nSPS) is 10.8. The Morgan fingerprint density at radius 1 is 1.64 bits per heavy atom. The second-order valence-corrected chi connectivity index (χ2v) is 3.91. The SMILES string of the molecule is CN(C)CCCn1ccnc1C(N)=S. The highest BCUT2D eigenvalue weighted by atomic mass is 32.1. The van der Waals surface area contributed by atoms with Crippen LogP contribution < -0.4 is 5.73 Å². The molecule has 14 heavy (non-hydrogen) atoms. The molecule has 0 aliphatic heterocycles. The standard InChI is InChI=1S/C9H16N4S/c1-12(2)5-3-6-13-7-4-11-9(13)8(10)14/h4,7H,3,5-6H2,1-2H3,(H2,10,14). The fourth-order valence-electron chi connectivity index (χ4n) is 1.27. The molecule has 0 spiro atoms. The van der Waals surface area contributed by atoms with Crippen LogP contribution in [0.5, 0.6) is 0 Å². The van der Waals surface area contributed by atoms with Gasteiger partial charge in [-0.15, -0.1) is 0 Å². The molecule has 0 unspecified atom stereocenters. The molecular formula is C9H16N4S. The van der Waals surface area contributed by atoms with Gasteiger partial charge in [0.1, 0.15) is 4.99 Å². The number of thiocarbonyl (C=S) groups is 1. The Morgan fingerprint density at radius 3 is 2.93 bits per heavy atom. The number of aryl methyl sites for hydroxylation is 1. The molecular weight excluding hydrogens is 196 g/mol. The molecule has 78 valence electrons. The first-order valence-corrected chi connectivity index (χ1v) is 4.97. The van der Waals surface area contributed by atoms with E-state index in [1.165, 1.54) is 0 Å². The van der Waals surface area contributed by atoms with Gasteiger partial charge >= 0.3 is 0 Å². The maximum Gasteiger partial charge on any atom is 0.167 e. The number of nitrogens with two attached hydrogens (primary N) is 1. The van der Waals surface area contributed by atoms with Crippen LogP contribution >= 0.6 is 12.2 Å². The minimum absolute atomic E-state index is 0.361.